The van der Waals surface area contributed by atoms with Crippen molar-refractivity contribution in [3.05, 3.63) is 78.4 Å². The molecule has 3 aromatic carbocycles. The number of amides is 2. The van der Waals surface area contributed by atoms with Gasteiger partial charge in [-0.3, -0.25) is 14.4 Å². The molecule has 0 spiro atoms. The third-order valence-corrected chi connectivity index (χ3v) is 6.60. The molecule has 0 unspecified atom stereocenters. The summed E-state index contributed by atoms with van der Waals surface area (Å²) < 4.78 is 17.5. The van der Waals surface area contributed by atoms with Gasteiger partial charge in [-0.15, -0.1) is 0 Å². The molecule has 0 radical (unpaired) electrons. The van der Waals surface area contributed by atoms with Gasteiger partial charge in [0.1, 0.15) is 11.7 Å². The van der Waals surface area contributed by atoms with Gasteiger partial charge in [-0.2, -0.15) is 0 Å². The molecule has 2 aliphatic heterocycles. The molecule has 38 heavy (non-hydrogen) atoms. The monoisotopic (exact) mass is 516 g/mol. The number of fused-ring (bicyclic) bond motifs is 1. The van der Waals surface area contributed by atoms with Crippen molar-refractivity contribution in [3.63, 3.8) is 0 Å². The maximum absolute atomic E-state index is 14.0. The fourth-order valence-corrected chi connectivity index (χ4v) is 5.02. The van der Waals surface area contributed by atoms with E-state index in [1.54, 1.807) is 23.3 Å². The van der Waals surface area contributed by atoms with E-state index >= 15 is 0 Å². The van der Waals surface area contributed by atoms with Crippen LogP contribution in [0.2, 0.25) is 0 Å². The summed E-state index contributed by atoms with van der Waals surface area (Å²) >= 11 is 0. The molecule has 0 aromatic heterocycles. The Bertz CT molecular complexity index is 1300. The lowest BCUT2D eigenvalue weighted by molar-refractivity contribution is -0.126. The maximum atomic E-state index is 14.0. The number of rotatable bonds is 10. The summed E-state index contributed by atoms with van der Waals surface area (Å²) in [5, 5.41) is 1.68. The maximum Gasteiger partial charge on any atom is 0.266 e. The zero-order valence-electron chi connectivity index (χ0n) is 21.8. The molecule has 2 heterocycles. The van der Waals surface area contributed by atoms with Crippen molar-refractivity contribution < 1.29 is 28.6 Å². The van der Waals surface area contributed by atoms with Crippen molar-refractivity contribution in [2.75, 3.05) is 29.8 Å². The quantitative estimate of drug-likeness (QED) is 0.337. The van der Waals surface area contributed by atoms with Crippen LogP contribution in [0.25, 0.3) is 0 Å². The largest absolute Gasteiger partial charge is 0.492 e. The summed E-state index contributed by atoms with van der Waals surface area (Å²) in [5.74, 6) is 0.187. The molecular formula is C30H32N2O6. The number of anilines is 2. The van der Waals surface area contributed by atoms with E-state index < -0.39 is 24.0 Å². The summed E-state index contributed by atoms with van der Waals surface area (Å²) in [6.45, 7) is 7.25. The van der Waals surface area contributed by atoms with Crippen molar-refractivity contribution in [2.24, 2.45) is 5.92 Å². The molecule has 0 bridgehead atoms. The molecular weight excluding hydrogens is 484 g/mol. The van der Waals surface area contributed by atoms with Gasteiger partial charge >= 0.3 is 0 Å². The number of hydrogen-bond acceptors (Lipinski definition) is 7. The summed E-state index contributed by atoms with van der Waals surface area (Å²) in [6, 6.07) is 21.6. The highest BCUT2D eigenvalue weighted by atomic mass is 16.7. The van der Waals surface area contributed by atoms with Gasteiger partial charge in [-0.25, -0.2) is 9.96 Å². The number of hydrogen-bond donors (Lipinski definition) is 0. The van der Waals surface area contributed by atoms with Crippen LogP contribution in [0.4, 0.5) is 11.4 Å². The van der Waals surface area contributed by atoms with Crippen LogP contribution in [0.1, 0.15) is 38.8 Å². The molecule has 3 aromatic rings. The SMILES string of the molecule is CCCOc1ccc([C@H]2[C@H]3C(=O)N(c4ccccc4OCC)C(=O)[C@H]3ON2c2ccccc2)cc1OCC. The highest BCUT2D eigenvalue weighted by Crippen LogP contribution is 2.49. The Labute approximate surface area is 222 Å². The molecule has 8 nitrogen and oxygen atoms in total. The number of imide groups is 1. The van der Waals surface area contributed by atoms with Crippen molar-refractivity contribution in [1.29, 1.82) is 0 Å². The lowest BCUT2D eigenvalue weighted by Gasteiger charge is -2.29. The van der Waals surface area contributed by atoms with E-state index in [-0.39, 0.29) is 5.91 Å². The predicted octanol–water partition coefficient (Wildman–Crippen LogP) is 5.32. The molecule has 2 amide bonds. The lowest BCUT2D eigenvalue weighted by Crippen LogP contribution is -2.37. The average molecular weight is 517 g/mol. The number of carbonyl (C=O) groups excluding carboxylic acids is 2. The van der Waals surface area contributed by atoms with Crippen molar-refractivity contribution in [2.45, 2.75) is 39.3 Å². The normalized spacial score (nSPS) is 20.6. The Morgan fingerprint density at radius 2 is 1.47 bits per heavy atom. The third kappa shape index (κ3) is 4.56. The molecule has 2 fully saturated rings. The smallest absolute Gasteiger partial charge is 0.266 e. The van der Waals surface area contributed by atoms with Gasteiger partial charge in [0.15, 0.2) is 17.6 Å². The van der Waals surface area contributed by atoms with Crippen LogP contribution in [0.15, 0.2) is 72.8 Å². The number of hydroxylamine groups is 1. The zero-order valence-corrected chi connectivity index (χ0v) is 21.8. The van der Waals surface area contributed by atoms with Gasteiger partial charge in [0, 0.05) is 0 Å². The molecule has 198 valence electrons. The Kier molecular flexibility index (Phi) is 7.51. The minimum absolute atomic E-state index is 0.333. The number of benzene rings is 3. The Balaban J connectivity index is 1.58. The lowest BCUT2D eigenvalue weighted by atomic mass is 9.90. The minimum Gasteiger partial charge on any atom is -0.492 e. The Morgan fingerprint density at radius 3 is 2.21 bits per heavy atom. The fraction of sp³-hybridized carbons (Fsp3) is 0.333. The number of nitrogens with zero attached hydrogens (tertiary/aromatic N) is 2. The second-order valence-electron chi connectivity index (χ2n) is 9.06. The molecule has 2 saturated heterocycles. The molecule has 2 aliphatic rings. The van der Waals surface area contributed by atoms with Crippen LogP contribution < -0.4 is 24.2 Å². The van der Waals surface area contributed by atoms with Gasteiger partial charge in [-0.1, -0.05) is 43.3 Å². The van der Waals surface area contributed by atoms with Crippen molar-refractivity contribution in [1.82, 2.24) is 0 Å². The van der Waals surface area contributed by atoms with Crippen molar-refractivity contribution in [3.8, 4) is 17.2 Å². The van der Waals surface area contributed by atoms with E-state index in [2.05, 4.69) is 0 Å². The second-order valence-corrected chi connectivity index (χ2v) is 9.06. The highest BCUT2D eigenvalue weighted by Gasteiger charge is 2.60. The average Bonchev–Trinajstić information content (AvgIpc) is 3.45. The zero-order chi connectivity index (χ0) is 26.6. The summed E-state index contributed by atoms with van der Waals surface area (Å²) in [4.78, 5) is 35.2. The fourth-order valence-electron chi connectivity index (χ4n) is 5.02. The van der Waals surface area contributed by atoms with Crippen LogP contribution in [0.5, 0.6) is 17.2 Å². The summed E-state index contributed by atoms with van der Waals surface area (Å²) in [6.07, 6.45) is -0.112. The standard InChI is InChI=1S/C30H32N2O6/c1-4-18-37-24-17-16-20(19-25(24)36-6-3)27-26-28(38-32(27)21-12-8-7-9-13-21)30(34)31(29(26)33)22-14-10-11-15-23(22)35-5-2/h7-17,19,26-28H,4-6,18H2,1-3H3/t26-,27+,28+/m1/s1. The highest BCUT2D eigenvalue weighted by molar-refractivity contribution is 6.24. The van der Waals surface area contributed by atoms with Crippen LogP contribution in [0, 0.1) is 5.92 Å². The molecule has 3 atom stereocenters. The van der Waals surface area contributed by atoms with Gasteiger partial charge in [0.2, 0.25) is 5.91 Å². The van der Waals surface area contributed by atoms with E-state index in [4.69, 9.17) is 19.0 Å². The van der Waals surface area contributed by atoms with Gasteiger partial charge < -0.3 is 14.2 Å². The van der Waals surface area contributed by atoms with Crippen LogP contribution in [-0.4, -0.2) is 37.7 Å². The molecule has 0 aliphatic carbocycles. The first kappa shape index (κ1) is 25.6. The number of ether oxygens (including phenoxy) is 3. The number of para-hydroxylation sites is 3. The summed E-state index contributed by atoms with van der Waals surface area (Å²) in [5.41, 5.74) is 1.96. The van der Waals surface area contributed by atoms with E-state index in [1.807, 2.05) is 75.4 Å². The second kappa shape index (κ2) is 11.1. The first-order chi connectivity index (χ1) is 18.6. The summed E-state index contributed by atoms with van der Waals surface area (Å²) in [7, 11) is 0. The first-order valence-electron chi connectivity index (χ1n) is 13.1. The van der Waals surface area contributed by atoms with Crippen LogP contribution >= 0.6 is 0 Å². The van der Waals surface area contributed by atoms with E-state index in [0.29, 0.717) is 42.8 Å². The van der Waals surface area contributed by atoms with Gasteiger partial charge in [-0.05, 0) is 62.2 Å². The molecule has 0 N–H and O–H groups in total. The molecule has 5 rings (SSSR count). The third-order valence-electron chi connectivity index (χ3n) is 6.60. The van der Waals surface area contributed by atoms with E-state index in [0.717, 1.165) is 17.7 Å². The number of carbonyl (C=O) groups is 2. The topological polar surface area (TPSA) is 77.5 Å². The van der Waals surface area contributed by atoms with E-state index in [9.17, 15) is 9.59 Å². The molecule has 0 saturated carbocycles. The van der Waals surface area contributed by atoms with Crippen molar-refractivity contribution >= 4 is 23.2 Å². The minimum atomic E-state index is -0.978. The van der Waals surface area contributed by atoms with Crippen LogP contribution in [0.3, 0.4) is 0 Å². The van der Waals surface area contributed by atoms with Crippen LogP contribution in [-0.2, 0) is 14.4 Å². The molecule has 8 heteroatoms. The predicted molar refractivity (Wildman–Crippen MR) is 144 cm³/mol. The van der Waals surface area contributed by atoms with Gasteiger partial charge in [0.05, 0.1) is 37.2 Å². The first-order valence-corrected chi connectivity index (χ1v) is 13.1. The van der Waals surface area contributed by atoms with E-state index in [1.165, 1.54) is 4.90 Å². The Hall–Kier alpha value is -4.04. The Morgan fingerprint density at radius 1 is 0.763 bits per heavy atom. The van der Waals surface area contributed by atoms with Gasteiger partial charge in [0.25, 0.3) is 5.91 Å².